The maximum atomic E-state index is 11.9. The summed E-state index contributed by atoms with van der Waals surface area (Å²) in [7, 11) is 3.20. The Labute approximate surface area is 147 Å². The second kappa shape index (κ2) is 7.34. The number of ether oxygens (including phenoxy) is 3. The average Bonchev–Trinajstić information content (AvgIpc) is 2.54. The Morgan fingerprint density at radius 3 is 2.04 bits per heavy atom. The largest absolute Gasteiger partial charge is 0.497 e. The number of amides is 1. The number of benzene rings is 2. The number of anilines is 2. The van der Waals surface area contributed by atoms with Crippen LogP contribution in [0, 0.1) is 0 Å². The molecule has 0 aliphatic carbocycles. The van der Waals surface area contributed by atoms with Crippen LogP contribution in [0.25, 0.3) is 11.1 Å². The molecule has 2 rings (SSSR count). The van der Waals surface area contributed by atoms with Gasteiger partial charge in [0.1, 0.15) is 17.1 Å². The zero-order valence-electron chi connectivity index (χ0n) is 15.2. The second-order valence-corrected chi connectivity index (χ2v) is 6.53. The number of rotatable bonds is 4. The Morgan fingerprint density at radius 1 is 0.960 bits per heavy atom. The summed E-state index contributed by atoms with van der Waals surface area (Å²) in [5.41, 5.74) is 8.21. The Kier molecular flexibility index (Phi) is 5.41. The highest BCUT2D eigenvalue weighted by Crippen LogP contribution is 2.32. The summed E-state index contributed by atoms with van der Waals surface area (Å²) < 4.78 is 15.8. The third-order valence-electron chi connectivity index (χ3n) is 3.37. The van der Waals surface area contributed by atoms with Crippen molar-refractivity contribution in [1.82, 2.24) is 0 Å². The molecule has 2 aromatic carbocycles. The molecule has 0 aliphatic rings. The van der Waals surface area contributed by atoms with Crippen molar-refractivity contribution in [2.24, 2.45) is 0 Å². The van der Waals surface area contributed by atoms with Gasteiger partial charge in [0.15, 0.2) is 0 Å². The molecule has 0 aliphatic heterocycles. The minimum atomic E-state index is -0.573. The lowest BCUT2D eigenvalue weighted by Gasteiger charge is -2.20. The predicted molar refractivity (Wildman–Crippen MR) is 99.3 cm³/mol. The Bertz CT molecular complexity index is 744. The zero-order valence-corrected chi connectivity index (χ0v) is 15.2. The molecule has 0 aromatic heterocycles. The van der Waals surface area contributed by atoms with Gasteiger partial charge in [-0.3, -0.25) is 5.32 Å². The van der Waals surface area contributed by atoms with Crippen LogP contribution >= 0.6 is 0 Å². The normalized spacial score (nSPS) is 10.9. The van der Waals surface area contributed by atoms with Crippen LogP contribution in [-0.4, -0.2) is 25.9 Å². The molecule has 0 atom stereocenters. The van der Waals surface area contributed by atoms with Crippen molar-refractivity contribution in [3.63, 3.8) is 0 Å². The molecule has 0 saturated heterocycles. The first-order valence-corrected chi connectivity index (χ1v) is 7.85. The molecule has 25 heavy (non-hydrogen) atoms. The van der Waals surface area contributed by atoms with E-state index in [1.165, 1.54) is 0 Å². The van der Waals surface area contributed by atoms with Crippen LogP contribution in [0.5, 0.6) is 11.5 Å². The summed E-state index contributed by atoms with van der Waals surface area (Å²) in [5, 5.41) is 2.65. The van der Waals surface area contributed by atoms with E-state index in [1.807, 2.05) is 18.2 Å². The van der Waals surface area contributed by atoms with Gasteiger partial charge in [0.25, 0.3) is 0 Å². The molecule has 2 aromatic rings. The molecule has 0 bridgehead atoms. The highest BCUT2D eigenvalue weighted by molar-refractivity contribution is 5.90. The van der Waals surface area contributed by atoms with E-state index in [-0.39, 0.29) is 0 Å². The molecule has 1 amide bonds. The third-order valence-corrected chi connectivity index (χ3v) is 3.37. The Morgan fingerprint density at radius 2 is 1.56 bits per heavy atom. The van der Waals surface area contributed by atoms with Crippen LogP contribution in [0.4, 0.5) is 16.2 Å². The van der Waals surface area contributed by atoms with Crippen molar-refractivity contribution in [2.45, 2.75) is 26.4 Å². The Hall–Kier alpha value is -2.89. The standard InChI is InChI=1S/C19H24N2O4/c1-19(2,3)25-18(22)21-17-7-6-12(10-16(17)20)13-8-14(23-4)11-15(9-13)24-5/h6-11H,20H2,1-5H3,(H,21,22). The van der Waals surface area contributed by atoms with Gasteiger partial charge in [-0.1, -0.05) is 6.07 Å². The van der Waals surface area contributed by atoms with Crippen molar-refractivity contribution >= 4 is 17.5 Å². The van der Waals surface area contributed by atoms with Gasteiger partial charge in [-0.2, -0.15) is 0 Å². The van der Waals surface area contributed by atoms with Gasteiger partial charge in [-0.15, -0.1) is 0 Å². The summed E-state index contributed by atoms with van der Waals surface area (Å²) in [6, 6.07) is 10.9. The fourth-order valence-corrected chi connectivity index (χ4v) is 2.24. The minimum Gasteiger partial charge on any atom is -0.497 e. The summed E-state index contributed by atoms with van der Waals surface area (Å²) in [4.78, 5) is 11.9. The monoisotopic (exact) mass is 344 g/mol. The number of carbonyl (C=O) groups is 1. The van der Waals surface area contributed by atoms with Gasteiger partial charge in [0.05, 0.1) is 25.6 Å². The molecular weight excluding hydrogens is 320 g/mol. The lowest BCUT2D eigenvalue weighted by Crippen LogP contribution is -2.27. The topological polar surface area (TPSA) is 82.8 Å². The first-order chi connectivity index (χ1) is 11.7. The molecule has 134 valence electrons. The average molecular weight is 344 g/mol. The second-order valence-electron chi connectivity index (χ2n) is 6.53. The Balaban J connectivity index is 2.26. The number of hydrogen-bond donors (Lipinski definition) is 2. The number of hydrogen-bond acceptors (Lipinski definition) is 5. The summed E-state index contributed by atoms with van der Waals surface area (Å²) in [6.45, 7) is 5.40. The molecule has 0 unspecified atom stereocenters. The lowest BCUT2D eigenvalue weighted by molar-refractivity contribution is 0.0636. The van der Waals surface area contributed by atoms with E-state index in [0.717, 1.165) is 11.1 Å². The predicted octanol–water partition coefficient (Wildman–Crippen LogP) is 4.30. The van der Waals surface area contributed by atoms with Crippen molar-refractivity contribution in [3.8, 4) is 22.6 Å². The molecular formula is C19H24N2O4. The first kappa shape index (κ1) is 18.4. The molecule has 3 N–H and O–H groups in total. The van der Waals surface area contributed by atoms with E-state index in [0.29, 0.717) is 22.9 Å². The van der Waals surface area contributed by atoms with E-state index in [1.54, 1.807) is 53.2 Å². The highest BCUT2D eigenvalue weighted by atomic mass is 16.6. The van der Waals surface area contributed by atoms with Crippen LogP contribution in [0.2, 0.25) is 0 Å². The van der Waals surface area contributed by atoms with Crippen LogP contribution in [0.3, 0.4) is 0 Å². The molecule has 6 heteroatoms. The van der Waals surface area contributed by atoms with Crippen molar-refractivity contribution in [2.75, 3.05) is 25.3 Å². The van der Waals surface area contributed by atoms with E-state index in [4.69, 9.17) is 19.9 Å². The fraction of sp³-hybridized carbons (Fsp3) is 0.316. The van der Waals surface area contributed by atoms with Gasteiger partial charge in [0.2, 0.25) is 0 Å². The zero-order chi connectivity index (χ0) is 18.6. The van der Waals surface area contributed by atoms with Crippen LogP contribution in [0.15, 0.2) is 36.4 Å². The lowest BCUT2D eigenvalue weighted by atomic mass is 10.0. The number of nitrogens with two attached hydrogens (primary N) is 1. The van der Waals surface area contributed by atoms with Crippen LogP contribution in [0.1, 0.15) is 20.8 Å². The van der Waals surface area contributed by atoms with Gasteiger partial charge >= 0.3 is 6.09 Å². The molecule has 0 radical (unpaired) electrons. The third kappa shape index (κ3) is 5.04. The molecule has 0 fully saturated rings. The van der Waals surface area contributed by atoms with Crippen molar-refractivity contribution < 1.29 is 19.0 Å². The molecule has 6 nitrogen and oxygen atoms in total. The van der Waals surface area contributed by atoms with Crippen LogP contribution < -0.4 is 20.5 Å². The van der Waals surface area contributed by atoms with E-state index in [2.05, 4.69) is 5.32 Å². The minimum absolute atomic E-state index is 0.435. The highest BCUT2D eigenvalue weighted by Gasteiger charge is 2.17. The SMILES string of the molecule is COc1cc(OC)cc(-c2ccc(NC(=O)OC(C)(C)C)c(N)c2)c1. The summed E-state index contributed by atoms with van der Waals surface area (Å²) in [5.74, 6) is 1.37. The fourth-order valence-electron chi connectivity index (χ4n) is 2.24. The smallest absolute Gasteiger partial charge is 0.412 e. The van der Waals surface area contributed by atoms with Crippen molar-refractivity contribution in [1.29, 1.82) is 0 Å². The number of carbonyl (C=O) groups excluding carboxylic acids is 1. The van der Waals surface area contributed by atoms with Gasteiger partial charge in [-0.25, -0.2) is 4.79 Å². The summed E-state index contributed by atoms with van der Waals surface area (Å²) >= 11 is 0. The van der Waals surface area contributed by atoms with E-state index >= 15 is 0 Å². The number of nitrogen functional groups attached to an aromatic ring is 1. The van der Waals surface area contributed by atoms with Gasteiger partial charge < -0.3 is 19.9 Å². The molecule has 0 saturated carbocycles. The van der Waals surface area contributed by atoms with Crippen molar-refractivity contribution in [3.05, 3.63) is 36.4 Å². The van der Waals surface area contributed by atoms with Crippen LogP contribution in [-0.2, 0) is 4.74 Å². The molecule has 0 heterocycles. The first-order valence-electron chi connectivity index (χ1n) is 7.85. The van der Waals surface area contributed by atoms with E-state index in [9.17, 15) is 4.79 Å². The van der Waals surface area contributed by atoms with E-state index < -0.39 is 11.7 Å². The van der Waals surface area contributed by atoms with Gasteiger partial charge in [0, 0.05) is 6.07 Å². The number of methoxy groups -OCH3 is 2. The molecule has 0 spiro atoms. The quantitative estimate of drug-likeness (QED) is 0.808. The maximum absolute atomic E-state index is 11.9. The number of nitrogens with one attached hydrogen (secondary N) is 1. The van der Waals surface area contributed by atoms with Gasteiger partial charge in [-0.05, 0) is 56.2 Å². The maximum Gasteiger partial charge on any atom is 0.412 e. The summed E-state index contributed by atoms with van der Waals surface area (Å²) in [6.07, 6.45) is -0.546.